The molecule has 1 fully saturated rings. The zero-order valence-electron chi connectivity index (χ0n) is 15.1. The van der Waals surface area contributed by atoms with Gasteiger partial charge in [-0.3, -0.25) is 4.79 Å². The lowest BCUT2D eigenvalue weighted by atomic mass is 10.1. The van der Waals surface area contributed by atoms with Gasteiger partial charge in [-0.1, -0.05) is 12.1 Å². The smallest absolute Gasteiger partial charge is 0.423 e. The molecule has 152 valence electrons. The van der Waals surface area contributed by atoms with Gasteiger partial charge in [0.05, 0.1) is 51.4 Å². The predicted octanol–water partition coefficient (Wildman–Crippen LogP) is 1.52. The van der Waals surface area contributed by atoms with E-state index in [9.17, 15) is 23.1 Å². The van der Waals surface area contributed by atoms with Gasteiger partial charge in [0.25, 0.3) is 5.56 Å². The summed E-state index contributed by atoms with van der Waals surface area (Å²) in [7, 11) is 1.50. The molecule has 2 heterocycles. The largest absolute Gasteiger partial charge is 0.497 e. The molecular formula is C18H20F3N3O4. The van der Waals surface area contributed by atoms with E-state index in [1.54, 1.807) is 24.3 Å². The number of aliphatic hydroxyl groups excluding tert-OH is 1. The molecule has 28 heavy (non-hydrogen) atoms. The molecule has 1 aliphatic rings. The lowest BCUT2D eigenvalue weighted by Crippen LogP contribution is -2.49. The number of aromatic nitrogens is 2. The second-order valence-electron chi connectivity index (χ2n) is 6.32. The molecule has 1 unspecified atom stereocenters. The molecule has 0 radical (unpaired) electrons. The molecule has 2 aromatic rings. The number of benzene rings is 1. The predicted molar refractivity (Wildman–Crippen MR) is 94.6 cm³/mol. The monoisotopic (exact) mass is 399 g/mol. The van der Waals surface area contributed by atoms with Gasteiger partial charge in [-0.15, -0.1) is 0 Å². The highest BCUT2D eigenvalue weighted by atomic mass is 19.4. The first-order valence-corrected chi connectivity index (χ1v) is 8.60. The highest BCUT2D eigenvalue weighted by Gasteiger charge is 2.41. The lowest BCUT2D eigenvalue weighted by molar-refractivity contribution is -0.138. The van der Waals surface area contributed by atoms with Crippen molar-refractivity contribution in [1.82, 2.24) is 9.78 Å². The van der Waals surface area contributed by atoms with Gasteiger partial charge in [-0.2, -0.15) is 18.3 Å². The van der Waals surface area contributed by atoms with E-state index >= 15 is 0 Å². The van der Waals surface area contributed by atoms with Crippen molar-refractivity contribution in [3.8, 4) is 5.75 Å². The van der Waals surface area contributed by atoms with Gasteiger partial charge in [0.2, 0.25) is 0 Å². The van der Waals surface area contributed by atoms with Crippen LogP contribution in [0.2, 0.25) is 0 Å². The number of hydrogen-bond acceptors (Lipinski definition) is 6. The third kappa shape index (κ3) is 4.12. The van der Waals surface area contributed by atoms with Crippen molar-refractivity contribution >= 4 is 5.69 Å². The van der Waals surface area contributed by atoms with E-state index in [1.807, 2.05) is 0 Å². The van der Waals surface area contributed by atoms with Crippen LogP contribution in [0.1, 0.15) is 11.1 Å². The zero-order chi connectivity index (χ0) is 20.3. The number of nitrogens with zero attached hydrogens (tertiary/aromatic N) is 3. The number of ether oxygens (including phenoxy) is 2. The van der Waals surface area contributed by atoms with Crippen LogP contribution < -0.4 is 15.2 Å². The Morgan fingerprint density at radius 1 is 1.32 bits per heavy atom. The average molecular weight is 399 g/mol. The van der Waals surface area contributed by atoms with E-state index in [0.29, 0.717) is 11.3 Å². The Labute approximate surface area is 158 Å². The second-order valence-corrected chi connectivity index (χ2v) is 6.32. The Morgan fingerprint density at radius 2 is 2.04 bits per heavy atom. The Kier molecular flexibility index (Phi) is 5.90. The van der Waals surface area contributed by atoms with E-state index in [2.05, 4.69) is 5.10 Å². The molecule has 0 spiro atoms. The number of hydrogen-bond donors (Lipinski definition) is 1. The molecule has 1 aliphatic heterocycles. The van der Waals surface area contributed by atoms with Crippen LogP contribution in [0, 0.1) is 0 Å². The Hall–Kier alpha value is -2.59. The average Bonchev–Trinajstić information content (AvgIpc) is 2.69. The van der Waals surface area contributed by atoms with E-state index in [4.69, 9.17) is 9.47 Å². The minimum atomic E-state index is -4.87. The van der Waals surface area contributed by atoms with E-state index in [-0.39, 0.29) is 32.0 Å². The molecule has 10 heteroatoms. The molecule has 0 amide bonds. The Balaban J connectivity index is 2.01. The number of halogens is 3. The summed E-state index contributed by atoms with van der Waals surface area (Å²) in [6.07, 6.45) is -3.84. The van der Waals surface area contributed by atoms with Crippen molar-refractivity contribution in [1.29, 1.82) is 0 Å². The van der Waals surface area contributed by atoms with Crippen molar-refractivity contribution in [3.05, 3.63) is 51.9 Å². The fraction of sp³-hybridized carbons (Fsp3) is 0.444. The Bertz CT molecular complexity index is 868. The Morgan fingerprint density at radius 3 is 2.64 bits per heavy atom. The third-order valence-electron chi connectivity index (χ3n) is 4.55. The molecule has 0 saturated carbocycles. The number of aliphatic hydroxyl groups is 1. The molecule has 1 aromatic carbocycles. The molecular weight excluding hydrogens is 379 g/mol. The third-order valence-corrected chi connectivity index (χ3v) is 4.55. The number of anilines is 1. The standard InChI is InChI=1S/C18H20F3N3O4/c1-27-14-4-2-12(3-5-14)9-24-17(26)16(18(19,20)21)15(8-22-24)23-6-7-28-11-13(23)10-25/h2-5,8,13,25H,6-7,9-11H2,1H3. The fourth-order valence-corrected chi connectivity index (χ4v) is 3.10. The zero-order valence-corrected chi connectivity index (χ0v) is 15.1. The van der Waals surface area contributed by atoms with Crippen molar-refractivity contribution in [2.45, 2.75) is 18.8 Å². The summed E-state index contributed by atoms with van der Waals surface area (Å²) in [6.45, 7) is -0.117. The van der Waals surface area contributed by atoms with Crippen molar-refractivity contribution in [2.24, 2.45) is 0 Å². The summed E-state index contributed by atoms with van der Waals surface area (Å²) < 4.78 is 52.2. The van der Waals surface area contributed by atoms with E-state index in [0.717, 1.165) is 10.9 Å². The summed E-state index contributed by atoms with van der Waals surface area (Å²) in [5.74, 6) is 0.595. The van der Waals surface area contributed by atoms with Crippen LogP contribution >= 0.6 is 0 Å². The van der Waals surface area contributed by atoms with Crippen LogP contribution in [-0.4, -0.2) is 54.4 Å². The van der Waals surface area contributed by atoms with Crippen molar-refractivity contribution in [2.75, 3.05) is 38.4 Å². The topological polar surface area (TPSA) is 76.8 Å². The first-order chi connectivity index (χ1) is 13.3. The van der Waals surface area contributed by atoms with Crippen molar-refractivity contribution < 1.29 is 27.8 Å². The van der Waals surface area contributed by atoms with Gasteiger partial charge in [0.1, 0.15) is 11.3 Å². The van der Waals surface area contributed by atoms with Crippen LogP contribution in [-0.2, 0) is 17.5 Å². The van der Waals surface area contributed by atoms with Crippen LogP contribution in [0.4, 0.5) is 18.9 Å². The summed E-state index contributed by atoms with van der Waals surface area (Å²) in [5, 5.41) is 13.4. The maximum atomic E-state index is 13.7. The quantitative estimate of drug-likeness (QED) is 0.822. The van der Waals surface area contributed by atoms with Crippen LogP contribution in [0.15, 0.2) is 35.3 Å². The van der Waals surface area contributed by atoms with Gasteiger partial charge in [-0.05, 0) is 17.7 Å². The van der Waals surface area contributed by atoms with Gasteiger partial charge in [-0.25, -0.2) is 4.68 Å². The first-order valence-electron chi connectivity index (χ1n) is 8.60. The first kappa shape index (κ1) is 20.2. The molecule has 7 nitrogen and oxygen atoms in total. The highest BCUT2D eigenvalue weighted by Crippen LogP contribution is 2.34. The molecule has 3 rings (SSSR count). The fourth-order valence-electron chi connectivity index (χ4n) is 3.10. The summed E-state index contributed by atoms with van der Waals surface area (Å²) in [4.78, 5) is 14.0. The number of morpholine rings is 1. The normalized spacial score (nSPS) is 17.6. The van der Waals surface area contributed by atoms with E-state index < -0.39 is 29.9 Å². The van der Waals surface area contributed by atoms with Crippen LogP contribution in [0.25, 0.3) is 0 Å². The molecule has 1 saturated heterocycles. The number of rotatable bonds is 5. The van der Waals surface area contributed by atoms with Crippen LogP contribution in [0.5, 0.6) is 5.75 Å². The number of alkyl halides is 3. The van der Waals surface area contributed by atoms with E-state index in [1.165, 1.54) is 12.0 Å². The second kappa shape index (κ2) is 8.19. The van der Waals surface area contributed by atoms with Gasteiger partial charge >= 0.3 is 6.18 Å². The maximum absolute atomic E-state index is 13.7. The van der Waals surface area contributed by atoms with Gasteiger partial charge in [0, 0.05) is 6.54 Å². The molecule has 0 bridgehead atoms. The summed E-state index contributed by atoms with van der Waals surface area (Å²) in [6, 6.07) is 5.93. The molecule has 1 aromatic heterocycles. The SMILES string of the molecule is COc1ccc(Cn2ncc(N3CCOCC3CO)c(C(F)(F)F)c2=O)cc1. The summed E-state index contributed by atoms with van der Waals surface area (Å²) >= 11 is 0. The maximum Gasteiger partial charge on any atom is 0.423 e. The highest BCUT2D eigenvalue weighted by molar-refractivity contribution is 5.53. The summed E-state index contributed by atoms with van der Waals surface area (Å²) in [5.41, 5.74) is -2.26. The van der Waals surface area contributed by atoms with Gasteiger partial charge in [0.15, 0.2) is 0 Å². The van der Waals surface area contributed by atoms with Crippen molar-refractivity contribution in [3.63, 3.8) is 0 Å². The lowest BCUT2D eigenvalue weighted by Gasteiger charge is -2.37. The molecule has 1 atom stereocenters. The minimum absolute atomic E-state index is 0.0722. The molecule has 1 N–H and O–H groups in total. The molecule has 0 aliphatic carbocycles. The number of methoxy groups -OCH3 is 1. The van der Waals surface area contributed by atoms with Crippen LogP contribution in [0.3, 0.4) is 0 Å². The minimum Gasteiger partial charge on any atom is -0.497 e. The van der Waals surface area contributed by atoms with Gasteiger partial charge < -0.3 is 19.5 Å².